The van der Waals surface area contributed by atoms with E-state index in [1.165, 1.54) is 4.90 Å². The minimum Gasteiger partial charge on any atom is -0.480 e. The SMILES string of the molecule is O=C(O)[C@H]1CCCN1C(=O)C(CS)CS. The van der Waals surface area contributed by atoms with E-state index in [0.29, 0.717) is 24.5 Å². The van der Waals surface area contributed by atoms with E-state index in [9.17, 15) is 9.59 Å². The molecule has 1 aliphatic heterocycles. The number of hydrogen-bond donors (Lipinski definition) is 3. The monoisotopic (exact) mass is 249 g/mol. The number of aliphatic carboxylic acids is 1. The average molecular weight is 249 g/mol. The Morgan fingerprint density at radius 2 is 2.00 bits per heavy atom. The van der Waals surface area contributed by atoms with E-state index in [0.717, 1.165) is 6.42 Å². The first-order chi connectivity index (χ1) is 7.11. The van der Waals surface area contributed by atoms with Crippen LogP contribution in [0, 0.1) is 5.92 Å². The van der Waals surface area contributed by atoms with Crippen molar-refractivity contribution in [3.8, 4) is 0 Å². The highest BCUT2D eigenvalue weighted by Gasteiger charge is 2.36. The number of hydrogen-bond acceptors (Lipinski definition) is 4. The van der Waals surface area contributed by atoms with Crippen molar-refractivity contribution < 1.29 is 14.7 Å². The number of thiol groups is 2. The first kappa shape index (κ1) is 12.7. The second-order valence-corrected chi connectivity index (χ2v) is 4.32. The maximum Gasteiger partial charge on any atom is 0.326 e. The standard InChI is InChI=1S/C9H15NO3S2/c11-8(6(4-14)5-15)10-3-1-2-7(10)9(12)13/h6-7,14-15H,1-5H2,(H,12,13)/t7-/m1/s1. The summed E-state index contributed by atoms with van der Waals surface area (Å²) in [7, 11) is 0. The van der Waals surface area contributed by atoms with Gasteiger partial charge in [0, 0.05) is 18.1 Å². The van der Waals surface area contributed by atoms with Crippen molar-refractivity contribution in [2.45, 2.75) is 18.9 Å². The molecule has 1 saturated heterocycles. The van der Waals surface area contributed by atoms with Gasteiger partial charge in [-0.1, -0.05) is 0 Å². The lowest BCUT2D eigenvalue weighted by atomic mass is 10.1. The molecule has 0 aromatic rings. The van der Waals surface area contributed by atoms with Crippen LogP contribution in [-0.2, 0) is 9.59 Å². The van der Waals surface area contributed by atoms with Crippen molar-refractivity contribution >= 4 is 37.1 Å². The molecule has 0 aromatic carbocycles. The second kappa shape index (κ2) is 5.65. The van der Waals surface area contributed by atoms with Crippen LogP contribution in [0.1, 0.15) is 12.8 Å². The van der Waals surface area contributed by atoms with Gasteiger partial charge < -0.3 is 10.0 Å². The molecule has 0 radical (unpaired) electrons. The molecule has 4 nitrogen and oxygen atoms in total. The van der Waals surface area contributed by atoms with Crippen LogP contribution in [-0.4, -0.2) is 46.0 Å². The van der Waals surface area contributed by atoms with E-state index < -0.39 is 12.0 Å². The van der Waals surface area contributed by atoms with Gasteiger partial charge in [0.15, 0.2) is 0 Å². The van der Waals surface area contributed by atoms with Crippen LogP contribution in [0.25, 0.3) is 0 Å². The summed E-state index contributed by atoms with van der Waals surface area (Å²) in [6.07, 6.45) is 1.31. The summed E-state index contributed by atoms with van der Waals surface area (Å²) in [6.45, 7) is 0.536. The van der Waals surface area contributed by atoms with Crippen molar-refractivity contribution in [3.05, 3.63) is 0 Å². The van der Waals surface area contributed by atoms with E-state index in [1.54, 1.807) is 0 Å². The molecule has 0 saturated carbocycles. The smallest absolute Gasteiger partial charge is 0.326 e. The molecule has 0 unspecified atom stereocenters. The van der Waals surface area contributed by atoms with Crippen molar-refractivity contribution in [1.82, 2.24) is 4.90 Å². The van der Waals surface area contributed by atoms with Gasteiger partial charge >= 0.3 is 5.97 Å². The summed E-state index contributed by atoms with van der Waals surface area (Å²) >= 11 is 8.13. The molecule has 1 aliphatic rings. The average Bonchev–Trinajstić information content (AvgIpc) is 2.67. The summed E-state index contributed by atoms with van der Waals surface area (Å²) in [5, 5.41) is 8.93. The van der Waals surface area contributed by atoms with Crippen molar-refractivity contribution in [3.63, 3.8) is 0 Å². The highest BCUT2D eigenvalue weighted by molar-refractivity contribution is 7.81. The molecule has 1 rings (SSSR count). The number of rotatable bonds is 4. The predicted octanol–water partition coefficient (Wildman–Crippen LogP) is 0.538. The minimum absolute atomic E-state index is 0.134. The molecule has 1 N–H and O–H groups in total. The largest absolute Gasteiger partial charge is 0.480 e. The Bertz CT molecular complexity index is 256. The number of likely N-dealkylation sites (tertiary alicyclic amines) is 1. The molecule has 0 aliphatic carbocycles. The first-order valence-electron chi connectivity index (χ1n) is 4.86. The van der Waals surface area contributed by atoms with Gasteiger partial charge in [0.05, 0.1) is 5.92 Å². The van der Waals surface area contributed by atoms with Gasteiger partial charge in [-0.15, -0.1) is 0 Å². The lowest BCUT2D eigenvalue weighted by Gasteiger charge is -2.25. The van der Waals surface area contributed by atoms with Gasteiger partial charge in [-0.05, 0) is 12.8 Å². The topological polar surface area (TPSA) is 57.6 Å². The van der Waals surface area contributed by atoms with Crippen LogP contribution in [0.5, 0.6) is 0 Å². The maximum atomic E-state index is 11.9. The Morgan fingerprint density at radius 1 is 1.40 bits per heavy atom. The predicted molar refractivity (Wildman–Crippen MR) is 63.6 cm³/mol. The van der Waals surface area contributed by atoms with Crippen LogP contribution in [0.4, 0.5) is 0 Å². The van der Waals surface area contributed by atoms with Gasteiger partial charge in [-0.2, -0.15) is 25.3 Å². The molecule has 86 valence electrons. The van der Waals surface area contributed by atoms with E-state index in [2.05, 4.69) is 25.3 Å². The fraction of sp³-hybridized carbons (Fsp3) is 0.778. The normalized spacial score (nSPS) is 21.0. The van der Waals surface area contributed by atoms with Gasteiger partial charge in [0.25, 0.3) is 0 Å². The molecular weight excluding hydrogens is 234 g/mol. The van der Waals surface area contributed by atoms with E-state index in [-0.39, 0.29) is 11.8 Å². The number of carbonyl (C=O) groups is 2. The van der Waals surface area contributed by atoms with Crippen molar-refractivity contribution in [1.29, 1.82) is 0 Å². The maximum absolute atomic E-state index is 11.9. The number of carboxylic acids is 1. The van der Waals surface area contributed by atoms with Gasteiger partial charge in [0.1, 0.15) is 6.04 Å². The van der Waals surface area contributed by atoms with Crippen LogP contribution in [0.2, 0.25) is 0 Å². The van der Waals surface area contributed by atoms with Crippen LogP contribution < -0.4 is 0 Å². The Balaban J connectivity index is 2.69. The van der Waals surface area contributed by atoms with Crippen molar-refractivity contribution in [2.24, 2.45) is 5.92 Å². The van der Waals surface area contributed by atoms with Gasteiger partial charge in [-0.3, -0.25) is 4.79 Å². The zero-order valence-electron chi connectivity index (χ0n) is 8.30. The summed E-state index contributed by atoms with van der Waals surface area (Å²) in [4.78, 5) is 24.2. The van der Waals surface area contributed by atoms with E-state index >= 15 is 0 Å². The third-order valence-electron chi connectivity index (χ3n) is 2.61. The first-order valence-corrected chi connectivity index (χ1v) is 6.13. The minimum atomic E-state index is -0.919. The molecule has 0 spiro atoms. The Kier molecular flexibility index (Phi) is 4.79. The third-order valence-corrected chi connectivity index (χ3v) is 3.49. The molecule has 15 heavy (non-hydrogen) atoms. The molecule has 6 heteroatoms. The van der Waals surface area contributed by atoms with Crippen molar-refractivity contribution in [2.75, 3.05) is 18.1 Å². The Labute approximate surface area is 99.8 Å². The zero-order chi connectivity index (χ0) is 11.4. The molecular formula is C9H15NO3S2. The Morgan fingerprint density at radius 3 is 2.47 bits per heavy atom. The number of carboxylic acid groups (broad SMARTS) is 1. The lowest BCUT2D eigenvalue weighted by Crippen LogP contribution is -2.44. The van der Waals surface area contributed by atoms with E-state index in [1.807, 2.05) is 0 Å². The third kappa shape index (κ3) is 2.81. The van der Waals surface area contributed by atoms with Crippen LogP contribution in [0.3, 0.4) is 0 Å². The molecule has 0 aromatic heterocycles. The molecule has 0 bridgehead atoms. The molecule has 1 atom stereocenters. The molecule has 1 amide bonds. The summed E-state index contributed by atoms with van der Waals surface area (Å²) < 4.78 is 0. The summed E-state index contributed by atoms with van der Waals surface area (Å²) in [6, 6.07) is -0.653. The quantitative estimate of drug-likeness (QED) is 0.637. The number of nitrogens with zero attached hydrogens (tertiary/aromatic N) is 1. The van der Waals surface area contributed by atoms with E-state index in [4.69, 9.17) is 5.11 Å². The summed E-state index contributed by atoms with van der Waals surface area (Å²) in [5.41, 5.74) is 0. The number of carbonyl (C=O) groups excluding carboxylic acids is 1. The molecule has 1 fully saturated rings. The second-order valence-electron chi connectivity index (χ2n) is 3.59. The lowest BCUT2D eigenvalue weighted by molar-refractivity contribution is -0.149. The highest BCUT2D eigenvalue weighted by Crippen LogP contribution is 2.20. The molecule has 1 heterocycles. The van der Waals surface area contributed by atoms with Gasteiger partial charge in [0.2, 0.25) is 5.91 Å². The van der Waals surface area contributed by atoms with Gasteiger partial charge in [-0.25, -0.2) is 4.79 Å². The highest BCUT2D eigenvalue weighted by atomic mass is 32.1. The van der Waals surface area contributed by atoms with Crippen LogP contribution >= 0.6 is 25.3 Å². The fourth-order valence-electron chi connectivity index (χ4n) is 1.74. The zero-order valence-corrected chi connectivity index (χ0v) is 10.1. The fourth-order valence-corrected chi connectivity index (χ4v) is 2.51. The Hall–Kier alpha value is -0.360. The van der Waals surface area contributed by atoms with Crippen LogP contribution in [0.15, 0.2) is 0 Å². The summed E-state index contributed by atoms with van der Waals surface area (Å²) in [5.74, 6) is -0.518. The number of amides is 1.